The Balaban J connectivity index is 1.54. The maximum Gasteiger partial charge on any atom is 0.257 e. The molecule has 2 aliphatic heterocycles. The number of halogens is 1. The predicted octanol–water partition coefficient (Wildman–Crippen LogP) is 2.50. The summed E-state index contributed by atoms with van der Waals surface area (Å²) < 4.78 is 14.1. The molecule has 1 aromatic heterocycles. The average Bonchev–Trinajstić information content (AvgIpc) is 3.22. The number of likely N-dealkylation sites (tertiary alicyclic amines) is 1. The van der Waals surface area contributed by atoms with Gasteiger partial charge >= 0.3 is 0 Å². The maximum atomic E-state index is 12.9. The average molecular weight is 378 g/mol. The third kappa shape index (κ3) is 2.69. The van der Waals surface area contributed by atoms with Crippen LogP contribution < -0.4 is 9.47 Å². The van der Waals surface area contributed by atoms with Crippen molar-refractivity contribution in [1.82, 2.24) is 14.7 Å². The molecule has 120 valence electrons. The summed E-state index contributed by atoms with van der Waals surface area (Å²) in [5.41, 5.74) is 0.574. The van der Waals surface area contributed by atoms with Gasteiger partial charge in [0.1, 0.15) is 13.2 Å². The van der Waals surface area contributed by atoms with E-state index in [9.17, 15) is 4.79 Å². The normalized spacial score (nSPS) is 19.9. The number of nitrogens with zero attached hydrogens (tertiary/aromatic N) is 3. The van der Waals surface area contributed by atoms with Crippen LogP contribution in [-0.4, -0.2) is 46.9 Å². The predicted molar refractivity (Wildman–Crippen MR) is 86.9 cm³/mol. The first-order valence-corrected chi connectivity index (χ1v) is 8.39. The van der Waals surface area contributed by atoms with Crippen molar-refractivity contribution in [3.63, 3.8) is 0 Å². The van der Waals surface area contributed by atoms with Gasteiger partial charge in [0.25, 0.3) is 5.91 Å². The molecule has 0 saturated carbocycles. The van der Waals surface area contributed by atoms with Crippen molar-refractivity contribution in [1.29, 1.82) is 0 Å². The molecule has 0 spiro atoms. The number of hydrogen-bond donors (Lipinski definition) is 0. The van der Waals surface area contributed by atoms with Crippen LogP contribution in [-0.2, 0) is 0 Å². The van der Waals surface area contributed by atoms with Crippen molar-refractivity contribution in [3.8, 4) is 11.5 Å². The van der Waals surface area contributed by atoms with E-state index in [0.717, 1.165) is 10.9 Å². The van der Waals surface area contributed by atoms with Crippen molar-refractivity contribution in [2.24, 2.45) is 0 Å². The monoisotopic (exact) mass is 377 g/mol. The van der Waals surface area contributed by atoms with E-state index in [1.54, 1.807) is 12.3 Å². The van der Waals surface area contributed by atoms with E-state index < -0.39 is 0 Å². The fraction of sp³-hybridized carbons (Fsp3) is 0.375. The maximum absolute atomic E-state index is 12.9. The van der Waals surface area contributed by atoms with E-state index in [2.05, 4.69) is 21.0 Å². The van der Waals surface area contributed by atoms with E-state index in [0.29, 0.717) is 43.4 Å². The largest absolute Gasteiger partial charge is 0.486 e. The second kappa shape index (κ2) is 5.88. The fourth-order valence-corrected chi connectivity index (χ4v) is 3.37. The van der Waals surface area contributed by atoms with Crippen LogP contribution in [0.2, 0.25) is 0 Å². The van der Waals surface area contributed by atoms with Crippen LogP contribution in [0.3, 0.4) is 0 Å². The van der Waals surface area contributed by atoms with Crippen LogP contribution in [0.15, 0.2) is 35.1 Å². The lowest BCUT2D eigenvalue weighted by atomic mass is 10.1. The topological polar surface area (TPSA) is 56.6 Å². The van der Waals surface area contributed by atoms with Crippen LogP contribution in [0.1, 0.15) is 22.8 Å². The van der Waals surface area contributed by atoms with Gasteiger partial charge in [-0.2, -0.15) is 5.10 Å². The zero-order valence-corrected chi connectivity index (χ0v) is 14.0. The van der Waals surface area contributed by atoms with Gasteiger partial charge in [0.15, 0.2) is 11.5 Å². The molecule has 2 aliphatic rings. The van der Waals surface area contributed by atoms with Gasteiger partial charge in [-0.3, -0.25) is 9.48 Å². The van der Waals surface area contributed by atoms with E-state index in [-0.39, 0.29) is 11.9 Å². The van der Waals surface area contributed by atoms with Crippen molar-refractivity contribution in [2.75, 3.05) is 26.3 Å². The second-order valence-corrected chi connectivity index (χ2v) is 6.58. The highest BCUT2D eigenvalue weighted by Gasteiger charge is 2.31. The number of carbonyl (C=O) groups excluding carboxylic acids is 1. The molecule has 4 rings (SSSR count). The minimum absolute atomic E-state index is 0.0129. The molecular formula is C16H16BrN3O3. The highest BCUT2D eigenvalue weighted by molar-refractivity contribution is 9.10. The standard InChI is InChI=1S/C16H16BrN3O3/c17-11-8-18-20(9-11)12-4-5-19(10-12)16(21)13-2-1-3-14-15(13)23-7-6-22-14/h1-3,8-9,12H,4-7,10H2. The first-order chi connectivity index (χ1) is 11.2. The summed E-state index contributed by atoms with van der Waals surface area (Å²) in [5, 5.41) is 4.32. The number of amides is 1. The van der Waals surface area contributed by atoms with Crippen LogP contribution in [0, 0.1) is 0 Å². The van der Waals surface area contributed by atoms with Crippen LogP contribution in [0.25, 0.3) is 0 Å². The molecule has 23 heavy (non-hydrogen) atoms. The third-order valence-electron chi connectivity index (χ3n) is 4.19. The summed E-state index contributed by atoms with van der Waals surface area (Å²) in [7, 11) is 0. The molecule has 0 radical (unpaired) electrons. The Labute approximate surface area is 142 Å². The van der Waals surface area contributed by atoms with Crippen molar-refractivity contribution >= 4 is 21.8 Å². The molecule has 1 aromatic carbocycles. The number of benzene rings is 1. The van der Waals surface area contributed by atoms with Crippen molar-refractivity contribution < 1.29 is 14.3 Å². The highest BCUT2D eigenvalue weighted by Crippen LogP contribution is 2.35. The van der Waals surface area contributed by atoms with Crippen LogP contribution in [0.4, 0.5) is 0 Å². The van der Waals surface area contributed by atoms with Gasteiger partial charge in [0.2, 0.25) is 0 Å². The summed E-state index contributed by atoms with van der Waals surface area (Å²) in [6, 6.07) is 5.67. The van der Waals surface area contributed by atoms with Crippen molar-refractivity contribution in [2.45, 2.75) is 12.5 Å². The van der Waals surface area contributed by atoms with Gasteiger partial charge in [0.05, 0.1) is 22.3 Å². The highest BCUT2D eigenvalue weighted by atomic mass is 79.9. The van der Waals surface area contributed by atoms with E-state index >= 15 is 0 Å². The first-order valence-electron chi connectivity index (χ1n) is 7.60. The van der Waals surface area contributed by atoms with Gasteiger partial charge < -0.3 is 14.4 Å². The molecule has 0 aliphatic carbocycles. The van der Waals surface area contributed by atoms with E-state index in [4.69, 9.17) is 9.47 Å². The van der Waals surface area contributed by atoms with Gasteiger partial charge in [-0.15, -0.1) is 0 Å². The Kier molecular flexibility index (Phi) is 3.72. The summed E-state index contributed by atoms with van der Waals surface area (Å²) in [6.45, 7) is 2.36. The Hall–Kier alpha value is -2.02. The number of aromatic nitrogens is 2. The number of para-hydroxylation sites is 1. The molecule has 0 N–H and O–H groups in total. The quantitative estimate of drug-likeness (QED) is 0.806. The van der Waals surface area contributed by atoms with E-state index in [1.807, 2.05) is 27.9 Å². The Morgan fingerprint density at radius 1 is 1.30 bits per heavy atom. The Bertz CT molecular complexity index is 746. The van der Waals surface area contributed by atoms with Gasteiger partial charge in [-0.1, -0.05) is 6.07 Å². The second-order valence-electron chi connectivity index (χ2n) is 5.66. The zero-order chi connectivity index (χ0) is 15.8. The summed E-state index contributed by atoms with van der Waals surface area (Å²) in [4.78, 5) is 14.7. The van der Waals surface area contributed by atoms with Gasteiger partial charge in [0, 0.05) is 19.3 Å². The number of rotatable bonds is 2. The molecule has 3 heterocycles. The molecule has 1 atom stereocenters. The molecule has 6 nitrogen and oxygen atoms in total. The summed E-state index contributed by atoms with van der Waals surface area (Å²) >= 11 is 3.41. The number of hydrogen-bond acceptors (Lipinski definition) is 4. The molecule has 1 amide bonds. The lowest BCUT2D eigenvalue weighted by molar-refractivity contribution is 0.0776. The number of ether oxygens (including phenoxy) is 2. The number of fused-ring (bicyclic) bond motifs is 1. The number of carbonyl (C=O) groups is 1. The van der Waals surface area contributed by atoms with Crippen molar-refractivity contribution in [3.05, 3.63) is 40.6 Å². The van der Waals surface area contributed by atoms with Crippen LogP contribution >= 0.6 is 15.9 Å². The van der Waals surface area contributed by atoms with Crippen LogP contribution in [0.5, 0.6) is 11.5 Å². The summed E-state index contributed by atoms with van der Waals surface area (Å²) in [6.07, 6.45) is 4.61. The fourth-order valence-electron chi connectivity index (χ4n) is 3.07. The Morgan fingerprint density at radius 2 is 2.17 bits per heavy atom. The molecular weight excluding hydrogens is 362 g/mol. The molecule has 1 saturated heterocycles. The minimum Gasteiger partial charge on any atom is -0.486 e. The Morgan fingerprint density at radius 3 is 3.00 bits per heavy atom. The molecule has 7 heteroatoms. The SMILES string of the molecule is O=C(c1cccc2c1OCCO2)N1CCC(n2cc(Br)cn2)C1. The van der Waals surface area contributed by atoms with Gasteiger partial charge in [-0.25, -0.2) is 0 Å². The molecule has 2 aromatic rings. The smallest absolute Gasteiger partial charge is 0.257 e. The summed E-state index contributed by atoms with van der Waals surface area (Å²) in [5.74, 6) is 1.20. The van der Waals surface area contributed by atoms with E-state index in [1.165, 1.54) is 0 Å². The molecule has 0 bridgehead atoms. The molecule has 1 fully saturated rings. The molecule has 1 unspecified atom stereocenters. The lowest BCUT2D eigenvalue weighted by Gasteiger charge is -2.23. The zero-order valence-electron chi connectivity index (χ0n) is 12.4. The minimum atomic E-state index is -0.0129. The first kappa shape index (κ1) is 14.6. The lowest BCUT2D eigenvalue weighted by Crippen LogP contribution is -2.30. The third-order valence-corrected chi connectivity index (χ3v) is 4.60. The van der Waals surface area contributed by atoms with Gasteiger partial charge in [-0.05, 0) is 34.5 Å².